The lowest BCUT2D eigenvalue weighted by Crippen LogP contribution is -2.15. The van der Waals surface area contributed by atoms with Gasteiger partial charge in [0.25, 0.3) is 0 Å². The maximum absolute atomic E-state index is 13.7. The lowest BCUT2D eigenvalue weighted by molar-refractivity contribution is 0.0433. The van der Waals surface area contributed by atoms with Gasteiger partial charge in [0.2, 0.25) is 0 Å². The molecule has 30 heavy (non-hydrogen) atoms. The van der Waals surface area contributed by atoms with E-state index in [9.17, 15) is 22.8 Å². The normalized spacial score (nSPS) is 10.7. The minimum atomic E-state index is -1.33. The van der Waals surface area contributed by atoms with Gasteiger partial charge in [0.05, 0.1) is 17.7 Å². The predicted molar refractivity (Wildman–Crippen MR) is 106 cm³/mol. The van der Waals surface area contributed by atoms with Crippen molar-refractivity contribution < 1.29 is 32.2 Å². The van der Waals surface area contributed by atoms with Gasteiger partial charge in [-0.25, -0.2) is 22.8 Å². The summed E-state index contributed by atoms with van der Waals surface area (Å²) in [6.45, 7) is 1.77. The fraction of sp³-hybridized carbons (Fsp3) is 0.391. The zero-order chi connectivity index (χ0) is 21.9. The average Bonchev–Trinajstić information content (AvgIpc) is 2.74. The summed E-state index contributed by atoms with van der Waals surface area (Å²) in [5.41, 5.74) is -0.335. The van der Waals surface area contributed by atoms with Gasteiger partial charge in [0.1, 0.15) is 12.4 Å². The molecular weight excluding hydrogens is 397 g/mol. The second-order valence-electron chi connectivity index (χ2n) is 6.88. The fourth-order valence-electron chi connectivity index (χ4n) is 2.86. The number of unbranched alkanes of at least 4 members (excludes halogenated alkanes) is 5. The van der Waals surface area contributed by atoms with Crippen molar-refractivity contribution in [2.24, 2.45) is 0 Å². The third-order valence-corrected chi connectivity index (χ3v) is 4.55. The molecule has 0 aliphatic carbocycles. The van der Waals surface area contributed by atoms with E-state index in [1.165, 1.54) is 18.6 Å². The van der Waals surface area contributed by atoms with Crippen LogP contribution < -0.4 is 0 Å². The molecule has 2 rings (SSSR count). The molecule has 4 nitrogen and oxygen atoms in total. The van der Waals surface area contributed by atoms with Gasteiger partial charge < -0.3 is 9.47 Å². The van der Waals surface area contributed by atoms with Gasteiger partial charge in [-0.15, -0.1) is 0 Å². The summed E-state index contributed by atoms with van der Waals surface area (Å²) < 4.78 is 50.2. The molecule has 2 aromatic rings. The van der Waals surface area contributed by atoms with Crippen molar-refractivity contribution in [1.29, 1.82) is 0 Å². The molecule has 7 heteroatoms. The predicted octanol–water partition coefficient (Wildman–Crippen LogP) is 5.98. The number of hydrogen-bond acceptors (Lipinski definition) is 4. The SMILES string of the molecule is CCCCCCCCOC(=O)c1ccccc1C(=O)OCc1cc(F)c(F)cc1F. The quantitative estimate of drug-likeness (QED) is 0.254. The summed E-state index contributed by atoms with van der Waals surface area (Å²) in [5.74, 6) is -5.17. The first-order valence-corrected chi connectivity index (χ1v) is 10.0. The average molecular weight is 422 g/mol. The minimum Gasteiger partial charge on any atom is -0.462 e. The molecule has 2 aromatic carbocycles. The van der Waals surface area contributed by atoms with Crippen molar-refractivity contribution in [3.8, 4) is 0 Å². The molecule has 0 aliphatic rings. The monoisotopic (exact) mass is 422 g/mol. The van der Waals surface area contributed by atoms with Gasteiger partial charge in [-0.2, -0.15) is 0 Å². The molecule has 0 unspecified atom stereocenters. The Labute approximate surface area is 174 Å². The summed E-state index contributed by atoms with van der Waals surface area (Å²) in [6, 6.07) is 6.93. The molecule has 0 heterocycles. The van der Waals surface area contributed by atoms with Crippen LogP contribution in [0.2, 0.25) is 0 Å². The standard InChI is InChI=1S/C23H25F3O4/c1-2-3-4-5-6-9-12-29-22(27)17-10-7-8-11-18(17)23(28)30-15-16-13-20(25)21(26)14-19(16)24/h7-8,10-11,13-14H,2-6,9,12,15H2,1H3. The maximum Gasteiger partial charge on any atom is 0.339 e. The summed E-state index contributed by atoms with van der Waals surface area (Å²) in [5, 5.41) is 0. The summed E-state index contributed by atoms with van der Waals surface area (Å²) in [4.78, 5) is 24.7. The molecule has 0 spiro atoms. The maximum atomic E-state index is 13.7. The zero-order valence-corrected chi connectivity index (χ0v) is 16.9. The van der Waals surface area contributed by atoms with E-state index < -0.39 is 36.0 Å². The van der Waals surface area contributed by atoms with Crippen LogP contribution in [0.3, 0.4) is 0 Å². The van der Waals surface area contributed by atoms with E-state index in [4.69, 9.17) is 9.47 Å². The molecule has 0 aromatic heterocycles. The van der Waals surface area contributed by atoms with Gasteiger partial charge in [0, 0.05) is 11.6 Å². The number of halogens is 3. The number of esters is 2. The van der Waals surface area contributed by atoms with Crippen LogP contribution in [0.25, 0.3) is 0 Å². The Kier molecular flexibility index (Phi) is 9.38. The lowest BCUT2D eigenvalue weighted by atomic mass is 10.1. The van der Waals surface area contributed by atoms with Crippen molar-refractivity contribution in [2.75, 3.05) is 6.61 Å². The number of rotatable bonds is 11. The third-order valence-electron chi connectivity index (χ3n) is 4.55. The Bertz CT molecular complexity index is 868. The fourth-order valence-corrected chi connectivity index (χ4v) is 2.86. The summed E-state index contributed by atoms with van der Waals surface area (Å²) in [6.07, 6.45) is 6.26. The van der Waals surface area contributed by atoms with Crippen LogP contribution in [0.4, 0.5) is 13.2 Å². The van der Waals surface area contributed by atoms with Crippen LogP contribution in [0, 0.1) is 17.5 Å². The highest BCUT2D eigenvalue weighted by Crippen LogP contribution is 2.17. The summed E-state index contributed by atoms with van der Waals surface area (Å²) >= 11 is 0. The van der Waals surface area contributed by atoms with Crippen molar-refractivity contribution in [1.82, 2.24) is 0 Å². The van der Waals surface area contributed by atoms with Crippen LogP contribution >= 0.6 is 0 Å². The molecule has 0 fully saturated rings. The molecule has 0 N–H and O–H groups in total. The molecule has 0 atom stereocenters. The Morgan fingerprint density at radius 1 is 0.767 bits per heavy atom. The van der Waals surface area contributed by atoms with E-state index in [1.54, 1.807) is 12.1 Å². The molecule has 162 valence electrons. The second kappa shape index (κ2) is 12.0. The van der Waals surface area contributed by atoms with E-state index in [1.807, 2.05) is 0 Å². The van der Waals surface area contributed by atoms with Crippen LogP contribution in [0.5, 0.6) is 0 Å². The van der Waals surface area contributed by atoms with E-state index in [2.05, 4.69) is 6.92 Å². The molecule has 0 bridgehead atoms. The van der Waals surface area contributed by atoms with Crippen LogP contribution in [-0.2, 0) is 16.1 Å². The highest BCUT2D eigenvalue weighted by atomic mass is 19.2. The topological polar surface area (TPSA) is 52.6 Å². The minimum absolute atomic E-state index is 0.0271. The molecular formula is C23H25F3O4. The van der Waals surface area contributed by atoms with E-state index in [0.717, 1.165) is 32.1 Å². The lowest BCUT2D eigenvalue weighted by Gasteiger charge is -2.10. The zero-order valence-electron chi connectivity index (χ0n) is 16.9. The van der Waals surface area contributed by atoms with E-state index >= 15 is 0 Å². The van der Waals surface area contributed by atoms with Crippen molar-refractivity contribution >= 4 is 11.9 Å². The molecule has 0 saturated heterocycles. The number of carbonyl (C=O) groups is 2. The number of ether oxygens (including phenoxy) is 2. The Balaban J connectivity index is 1.93. The van der Waals surface area contributed by atoms with E-state index in [0.29, 0.717) is 12.1 Å². The molecule has 0 radical (unpaired) electrons. The molecule has 0 aliphatic heterocycles. The number of benzene rings is 2. The first kappa shape index (κ1) is 23.4. The van der Waals surface area contributed by atoms with Gasteiger partial charge in [-0.05, 0) is 24.6 Å². The Morgan fingerprint density at radius 2 is 1.33 bits per heavy atom. The highest BCUT2D eigenvalue weighted by molar-refractivity contribution is 6.03. The second-order valence-corrected chi connectivity index (χ2v) is 6.88. The van der Waals surface area contributed by atoms with Crippen molar-refractivity contribution in [3.05, 3.63) is 70.5 Å². The highest BCUT2D eigenvalue weighted by Gasteiger charge is 2.20. The van der Waals surface area contributed by atoms with Crippen LogP contribution in [-0.4, -0.2) is 18.5 Å². The third kappa shape index (κ3) is 6.90. The van der Waals surface area contributed by atoms with Gasteiger partial charge >= 0.3 is 11.9 Å². The van der Waals surface area contributed by atoms with E-state index in [-0.39, 0.29) is 23.3 Å². The first-order valence-electron chi connectivity index (χ1n) is 10.0. The smallest absolute Gasteiger partial charge is 0.339 e. The Morgan fingerprint density at radius 3 is 2.00 bits per heavy atom. The summed E-state index contributed by atoms with van der Waals surface area (Å²) in [7, 11) is 0. The van der Waals surface area contributed by atoms with Gasteiger partial charge in [-0.1, -0.05) is 51.2 Å². The van der Waals surface area contributed by atoms with Crippen molar-refractivity contribution in [2.45, 2.75) is 52.1 Å². The molecule has 0 saturated carbocycles. The Hall–Kier alpha value is -2.83. The van der Waals surface area contributed by atoms with Crippen LogP contribution in [0.15, 0.2) is 36.4 Å². The van der Waals surface area contributed by atoms with Crippen LogP contribution in [0.1, 0.15) is 71.7 Å². The van der Waals surface area contributed by atoms with Crippen molar-refractivity contribution in [3.63, 3.8) is 0 Å². The number of carbonyl (C=O) groups excluding carboxylic acids is 2. The van der Waals surface area contributed by atoms with Gasteiger partial charge in [0.15, 0.2) is 11.6 Å². The first-order chi connectivity index (χ1) is 14.4. The largest absolute Gasteiger partial charge is 0.462 e. The molecule has 0 amide bonds. The van der Waals surface area contributed by atoms with Gasteiger partial charge in [-0.3, -0.25) is 0 Å². The number of hydrogen-bond donors (Lipinski definition) is 0.